The maximum Gasteiger partial charge on any atom is 0.124 e. The Kier molecular flexibility index (Phi) is 5.19. The van der Waals surface area contributed by atoms with Crippen molar-refractivity contribution in [3.8, 4) is 5.75 Å². The minimum Gasteiger partial charge on any atom is -0.489 e. The molecular formula is C18H23NO. The van der Waals surface area contributed by atoms with Gasteiger partial charge in [-0.05, 0) is 30.2 Å². The third-order valence-electron chi connectivity index (χ3n) is 3.38. The van der Waals surface area contributed by atoms with Crippen LogP contribution in [0.15, 0.2) is 48.5 Å². The molecule has 2 aromatic rings. The molecule has 0 atom stereocenters. The third kappa shape index (κ3) is 3.84. The minimum atomic E-state index is 0.571. The van der Waals surface area contributed by atoms with E-state index in [1.165, 1.54) is 16.7 Å². The number of benzene rings is 2. The number of ether oxygens (including phenoxy) is 1. The summed E-state index contributed by atoms with van der Waals surface area (Å²) in [6.07, 6.45) is 0. The van der Waals surface area contributed by atoms with E-state index in [1.54, 1.807) is 0 Å². The highest BCUT2D eigenvalue weighted by atomic mass is 16.5. The lowest BCUT2D eigenvalue weighted by Crippen LogP contribution is -2.07. The molecule has 2 nitrogen and oxygen atoms in total. The van der Waals surface area contributed by atoms with Gasteiger partial charge < -0.3 is 10.1 Å². The van der Waals surface area contributed by atoms with Crippen molar-refractivity contribution in [1.29, 1.82) is 0 Å². The zero-order chi connectivity index (χ0) is 14.4. The second-order valence-electron chi connectivity index (χ2n) is 5.32. The topological polar surface area (TPSA) is 21.3 Å². The monoisotopic (exact) mass is 269 g/mol. The molecule has 106 valence electrons. The Morgan fingerprint density at radius 2 is 1.70 bits per heavy atom. The quantitative estimate of drug-likeness (QED) is 0.852. The van der Waals surface area contributed by atoms with E-state index >= 15 is 0 Å². The molecule has 0 saturated carbocycles. The van der Waals surface area contributed by atoms with Crippen molar-refractivity contribution in [2.45, 2.75) is 32.9 Å². The molecule has 20 heavy (non-hydrogen) atoms. The first-order valence-electron chi connectivity index (χ1n) is 7.15. The fraction of sp³-hybridized carbons (Fsp3) is 0.333. The van der Waals surface area contributed by atoms with Gasteiger partial charge in [0.05, 0.1) is 0 Å². The average Bonchev–Trinajstić information content (AvgIpc) is 2.47. The summed E-state index contributed by atoms with van der Waals surface area (Å²) in [4.78, 5) is 0. The molecule has 0 unspecified atom stereocenters. The van der Waals surface area contributed by atoms with Crippen LogP contribution in [0.4, 0.5) is 0 Å². The van der Waals surface area contributed by atoms with Gasteiger partial charge in [0, 0.05) is 12.1 Å². The fourth-order valence-corrected chi connectivity index (χ4v) is 2.14. The Labute approximate surface area is 121 Å². The second-order valence-corrected chi connectivity index (χ2v) is 5.32. The number of rotatable bonds is 6. The van der Waals surface area contributed by atoms with Gasteiger partial charge >= 0.3 is 0 Å². The van der Waals surface area contributed by atoms with Crippen molar-refractivity contribution in [1.82, 2.24) is 5.32 Å². The number of nitrogens with one attached hydrogen (secondary N) is 1. The van der Waals surface area contributed by atoms with E-state index < -0.39 is 0 Å². The molecular weight excluding hydrogens is 246 g/mol. The number of hydrogen-bond donors (Lipinski definition) is 1. The van der Waals surface area contributed by atoms with Gasteiger partial charge in [-0.25, -0.2) is 0 Å². The summed E-state index contributed by atoms with van der Waals surface area (Å²) in [5, 5.41) is 3.16. The van der Waals surface area contributed by atoms with Crippen LogP contribution in [0.2, 0.25) is 0 Å². The summed E-state index contributed by atoms with van der Waals surface area (Å²) in [5.41, 5.74) is 3.76. The second kappa shape index (κ2) is 7.11. The van der Waals surface area contributed by atoms with Crippen molar-refractivity contribution < 1.29 is 4.74 Å². The van der Waals surface area contributed by atoms with Crippen LogP contribution in [-0.4, -0.2) is 7.05 Å². The molecule has 1 N–H and O–H groups in total. The van der Waals surface area contributed by atoms with Crippen LogP contribution in [0.3, 0.4) is 0 Å². The molecule has 2 aromatic carbocycles. The van der Waals surface area contributed by atoms with Gasteiger partial charge in [0.15, 0.2) is 0 Å². The first-order valence-corrected chi connectivity index (χ1v) is 7.15. The smallest absolute Gasteiger partial charge is 0.124 e. The van der Waals surface area contributed by atoms with Crippen LogP contribution in [0.1, 0.15) is 36.5 Å². The maximum absolute atomic E-state index is 5.94. The van der Waals surface area contributed by atoms with Crippen LogP contribution >= 0.6 is 0 Å². The first kappa shape index (κ1) is 14.6. The summed E-state index contributed by atoms with van der Waals surface area (Å²) in [7, 11) is 1.95. The molecule has 0 aliphatic rings. The first-order chi connectivity index (χ1) is 9.70. The number of para-hydroxylation sites is 1. The van der Waals surface area contributed by atoms with Crippen LogP contribution in [0.25, 0.3) is 0 Å². The van der Waals surface area contributed by atoms with Crippen molar-refractivity contribution in [2.75, 3.05) is 7.05 Å². The molecule has 0 heterocycles. The molecule has 0 aliphatic heterocycles. The standard InChI is InChI=1S/C18H23NO/c1-14(2)16-10-8-15(9-11-16)13-20-18-7-5-4-6-17(18)12-19-3/h4-11,14,19H,12-13H2,1-3H3. The largest absolute Gasteiger partial charge is 0.489 e. The van der Waals surface area contributed by atoms with Gasteiger partial charge in [0.25, 0.3) is 0 Å². The molecule has 0 fully saturated rings. The Hall–Kier alpha value is -1.80. The molecule has 0 spiro atoms. The van der Waals surface area contributed by atoms with Crippen LogP contribution < -0.4 is 10.1 Å². The summed E-state index contributed by atoms with van der Waals surface area (Å²) in [5.74, 6) is 1.52. The molecule has 2 heteroatoms. The van der Waals surface area contributed by atoms with Crippen molar-refractivity contribution >= 4 is 0 Å². The van der Waals surface area contributed by atoms with Gasteiger partial charge in [0.2, 0.25) is 0 Å². The lowest BCUT2D eigenvalue weighted by molar-refractivity contribution is 0.302. The van der Waals surface area contributed by atoms with Gasteiger partial charge in [-0.15, -0.1) is 0 Å². The van der Waals surface area contributed by atoms with Crippen LogP contribution in [0, 0.1) is 0 Å². The SMILES string of the molecule is CNCc1ccccc1OCc1ccc(C(C)C)cc1. The molecule has 0 amide bonds. The molecule has 0 aromatic heterocycles. The Bertz CT molecular complexity index is 531. The zero-order valence-electron chi connectivity index (χ0n) is 12.5. The molecule has 0 bridgehead atoms. The lowest BCUT2D eigenvalue weighted by atomic mass is 10.0. The van der Waals surface area contributed by atoms with E-state index in [1.807, 2.05) is 25.2 Å². The molecule has 0 radical (unpaired) electrons. The lowest BCUT2D eigenvalue weighted by Gasteiger charge is -2.12. The van der Waals surface area contributed by atoms with Crippen molar-refractivity contribution in [3.05, 3.63) is 65.2 Å². The van der Waals surface area contributed by atoms with E-state index in [9.17, 15) is 0 Å². The maximum atomic E-state index is 5.94. The van der Waals surface area contributed by atoms with Crippen molar-refractivity contribution in [2.24, 2.45) is 0 Å². The Balaban J connectivity index is 2.01. The van der Waals surface area contributed by atoms with Gasteiger partial charge in [0.1, 0.15) is 12.4 Å². The van der Waals surface area contributed by atoms with E-state index in [0.717, 1.165) is 12.3 Å². The third-order valence-corrected chi connectivity index (χ3v) is 3.38. The highest BCUT2D eigenvalue weighted by Crippen LogP contribution is 2.20. The van der Waals surface area contributed by atoms with Crippen LogP contribution in [-0.2, 0) is 13.2 Å². The Morgan fingerprint density at radius 1 is 1.00 bits per heavy atom. The van der Waals surface area contributed by atoms with Gasteiger partial charge in [-0.3, -0.25) is 0 Å². The molecule has 2 rings (SSSR count). The molecule has 0 saturated heterocycles. The van der Waals surface area contributed by atoms with Crippen molar-refractivity contribution in [3.63, 3.8) is 0 Å². The van der Waals surface area contributed by atoms with Crippen LogP contribution in [0.5, 0.6) is 5.75 Å². The zero-order valence-corrected chi connectivity index (χ0v) is 12.5. The van der Waals surface area contributed by atoms with E-state index in [4.69, 9.17) is 4.74 Å². The summed E-state index contributed by atoms with van der Waals surface area (Å²) in [6, 6.07) is 16.8. The predicted molar refractivity (Wildman–Crippen MR) is 84.1 cm³/mol. The van der Waals surface area contributed by atoms with Gasteiger partial charge in [-0.2, -0.15) is 0 Å². The normalized spacial score (nSPS) is 10.8. The minimum absolute atomic E-state index is 0.571. The van der Waals surface area contributed by atoms with Gasteiger partial charge in [-0.1, -0.05) is 56.3 Å². The molecule has 0 aliphatic carbocycles. The Morgan fingerprint density at radius 3 is 2.35 bits per heavy atom. The highest BCUT2D eigenvalue weighted by molar-refractivity contribution is 5.33. The fourth-order valence-electron chi connectivity index (χ4n) is 2.14. The summed E-state index contributed by atoms with van der Waals surface area (Å²) >= 11 is 0. The summed E-state index contributed by atoms with van der Waals surface area (Å²) < 4.78 is 5.94. The van der Waals surface area contributed by atoms with E-state index in [-0.39, 0.29) is 0 Å². The predicted octanol–water partition coefficient (Wildman–Crippen LogP) is 4.11. The number of hydrogen-bond acceptors (Lipinski definition) is 2. The van der Waals surface area contributed by atoms with E-state index in [0.29, 0.717) is 12.5 Å². The van der Waals surface area contributed by atoms with E-state index in [2.05, 4.69) is 49.5 Å². The highest BCUT2D eigenvalue weighted by Gasteiger charge is 2.03. The summed E-state index contributed by atoms with van der Waals surface area (Å²) in [6.45, 7) is 5.85. The average molecular weight is 269 g/mol.